The fourth-order valence-electron chi connectivity index (χ4n) is 2.15. The zero-order valence-electron chi connectivity index (χ0n) is 14.4. The summed E-state index contributed by atoms with van der Waals surface area (Å²) in [6.07, 6.45) is 4.64. The van der Waals surface area contributed by atoms with Crippen LogP contribution < -0.4 is 11.1 Å². The zero-order valence-corrected chi connectivity index (χ0v) is 14.4. The molecule has 0 bridgehead atoms. The molecule has 0 unspecified atom stereocenters. The number of nitrogens with one attached hydrogen (secondary N) is 2. The maximum absolute atomic E-state index is 5.91. The Morgan fingerprint density at radius 1 is 1.17 bits per heavy atom. The van der Waals surface area contributed by atoms with Gasteiger partial charge in [0.1, 0.15) is 0 Å². The van der Waals surface area contributed by atoms with Crippen molar-refractivity contribution in [3.8, 4) is 0 Å². The highest BCUT2D eigenvalue weighted by Gasteiger charge is 2.00. The molecule has 2 rings (SSSR count). The highest BCUT2D eigenvalue weighted by Crippen LogP contribution is 2.03. The molecule has 0 aliphatic heterocycles. The summed E-state index contributed by atoms with van der Waals surface area (Å²) >= 11 is 0. The third-order valence-corrected chi connectivity index (χ3v) is 3.29. The van der Waals surface area contributed by atoms with Gasteiger partial charge in [-0.05, 0) is 44.9 Å². The lowest BCUT2D eigenvalue weighted by Gasteiger charge is -2.05. The molecule has 0 aromatic carbocycles. The summed E-state index contributed by atoms with van der Waals surface area (Å²) in [6, 6.07) is 10.1. The number of anilines is 1. The molecular weight excluding hydrogens is 300 g/mol. The van der Waals surface area contributed by atoms with Gasteiger partial charge in [0.2, 0.25) is 5.95 Å². The van der Waals surface area contributed by atoms with Gasteiger partial charge in [-0.25, -0.2) is 9.97 Å². The number of aromatic amines is 1. The highest BCUT2D eigenvalue weighted by atomic mass is 15.2. The van der Waals surface area contributed by atoms with E-state index in [1.54, 1.807) is 0 Å². The molecule has 0 aliphatic carbocycles. The molecule has 24 heavy (non-hydrogen) atoms. The van der Waals surface area contributed by atoms with Gasteiger partial charge >= 0.3 is 0 Å². The van der Waals surface area contributed by atoms with Crippen molar-refractivity contribution in [3.05, 3.63) is 65.2 Å². The minimum Gasteiger partial charge on any atom is -0.370 e. The van der Waals surface area contributed by atoms with Crippen LogP contribution >= 0.6 is 0 Å². The number of aliphatic imine (C=N–C) groups is 1. The molecule has 2 aromatic heterocycles. The van der Waals surface area contributed by atoms with Gasteiger partial charge in [-0.1, -0.05) is 23.8 Å². The minimum atomic E-state index is 0.316. The second kappa shape index (κ2) is 8.67. The number of guanidine groups is 1. The Balaban J connectivity index is 1.99. The van der Waals surface area contributed by atoms with Crippen molar-refractivity contribution in [2.45, 2.75) is 27.2 Å². The van der Waals surface area contributed by atoms with Gasteiger partial charge in [-0.15, -0.1) is 0 Å². The van der Waals surface area contributed by atoms with E-state index in [0.717, 1.165) is 23.4 Å². The van der Waals surface area contributed by atoms with Gasteiger partial charge < -0.3 is 10.7 Å². The second-order valence-corrected chi connectivity index (χ2v) is 5.61. The van der Waals surface area contributed by atoms with Crippen LogP contribution in [0.2, 0.25) is 0 Å². The zero-order chi connectivity index (χ0) is 17.4. The molecule has 0 amide bonds. The summed E-state index contributed by atoms with van der Waals surface area (Å²) < 4.78 is 0. The van der Waals surface area contributed by atoms with Gasteiger partial charge in [0.05, 0.1) is 0 Å². The van der Waals surface area contributed by atoms with E-state index in [0.29, 0.717) is 18.5 Å². The molecule has 6 heteroatoms. The number of H-pyrrole nitrogens is 1. The molecule has 0 fully saturated rings. The number of rotatable bonds is 4. The predicted molar refractivity (Wildman–Crippen MR) is 98.5 cm³/mol. The van der Waals surface area contributed by atoms with E-state index < -0.39 is 0 Å². The van der Waals surface area contributed by atoms with Crippen LogP contribution in [-0.4, -0.2) is 27.5 Å². The lowest BCUT2D eigenvalue weighted by molar-refractivity contribution is 0.956. The van der Waals surface area contributed by atoms with Gasteiger partial charge in [-0.2, -0.15) is 0 Å². The van der Waals surface area contributed by atoms with Gasteiger partial charge in [-0.3, -0.25) is 10.3 Å². The van der Waals surface area contributed by atoms with Gasteiger partial charge in [0.25, 0.3) is 0 Å². The summed E-state index contributed by atoms with van der Waals surface area (Å²) in [4.78, 5) is 16.0. The van der Waals surface area contributed by atoms with Crippen LogP contribution in [0.15, 0.2) is 47.7 Å². The van der Waals surface area contributed by atoms with Gasteiger partial charge in [0.15, 0.2) is 5.96 Å². The van der Waals surface area contributed by atoms with Crippen LogP contribution in [0, 0.1) is 20.8 Å². The molecule has 126 valence electrons. The topological polar surface area (TPSA) is 92.0 Å². The van der Waals surface area contributed by atoms with Crippen molar-refractivity contribution < 1.29 is 0 Å². The first-order chi connectivity index (χ1) is 11.5. The van der Waals surface area contributed by atoms with Crippen molar-refractivity contribution >= 4 is 11.9 Å². The number of aryl methyl sites for hydroxylation is 3. The SMILES string of the molecule is Cc1ccc[nH]cc(CCN=C(N)Nc2nc(C)cc(C)n2)cc1. The highest BCUT2D eigenvalue weighted by molar-refractivity contribution is 5.90. The Kier molecular flexibility index (Phi) is 6.31. The standard InChI is InChI=1S/C18H24N6/c1-13-5-4-9-20-12-16(7-6-13)8-10-21-17(19)24-18-22-14(2)11-15(3)23-18/h4-7,9,11-12,20H,8,10H2,1-3H3,(H3,19,21,22,23,24). The molecule has 0 aliphatic rings. The van der Waals surface area contributed by atoms with Crippen molar-refractivity contribution in [2.75, 3.05) is 11.9 Å². The van der Waals surface area contributed by atoms with Gasteiger partial charge in [0, 0.05) is 30.3 Å². The summed E-state index contributed by atoms with van der Waals surface area (Å²) in [6.45, 7) is 6.48. The summed E-state index contributed by atoms with van der Waals surface area (Å²) in [5.41, 5.74) is 10.0. The average molecular weight is 324 g/mol. The van der Waals surface area contributed by atoms with Crippen LogP contribution in [0.3, 0.4) is 0 Å². The molecule has 0 saturated heterocycles. The fourth-order valence-corrected chi connectivity index (χ4v) is 2.15. The maximum Gasteiger partial charge on any atom is 0.229 e. The molecular formula is C18H24N6. The summed E-state index contributed by atoms with van der Waals surface area (Å²) in [5.74, 6) is 0.791. The Hall–Kier alpha value is -2.89. The van der Waals surface area contributed by atoms with E-state index in [1.165, 1.54) is 5.56 Å². The molecule has 0 atom stereocenters. The van der Waals surface area contributed by atoms with Crippen LogP contribution in [0.1, 0.15) is 22.5 Å². The molecule has 0 spiro atoms. The van der Waals surface area contributed by atoms with E-state index in [-0.39, 0.29) is 0 Å². The molecule has 4 N–H and O–H groups in total. The largest absolute Gasteiger partial charge is 0.370 e. The lowest BCUT2D eigenvalue weighted by atomic mass is 10.2. The number of nitrogens with two attached hydrogens (primary N) is 1. The molecule has 6 nitrogen and oxygen atoms in total. The van der Waals surface area contributed by atoms with E-state index in [9.17, 15) is 0 Å². The Morgan fingerprint density at radius 3 is 2.67 bits per heavy atom. The predicted octanol–water partition coefficient (Wildman–Crippen LogP) is 2.82. The third-order valence-electron chi connectivity index (χ3n) is 3.29. The minimum absolute atomic E-state index is 0.316. The number of hydrogen-bond acceptors (Lipinski definition) is 3. The van der Waals surface area contributed by atoms with Crippen LogP contribution in [0.4, 0.5) is 5.95 Å². The summed E-state index contributed by atoms with van der Waals surface area (Å²) in [5, 5.41) is 2.93. The summed E-state index contributed by atoms with van der Waals surface area (Å²) in [7, 11) is 0. The lowest BCUT2D eigenvalue weighted by Crippen LogP contribution is -2.24. The van der Waals surface area contributed by atoms with Crippen molar-refractivity contribution in [1.29, 1.82) is 0 Å². The first-order valence-electron chi connectivity index (χ1n) is 7.89. The van der Waals surface area contributed by atoms with Crippen LogP contribution in [-0.2, 0) is 6.42 Å². The first-order valence-corrected chi connectivity index (χ1v) is 7.89. The normalized spacial score (nSPS) is 11.0. The number of aromatic nitrogens is 3. The number of nitrogens with zero attached hydrogens (tertiary/aromatic N) is 3. The first kappa shape index (κ1) is 17.5. The molecule has 2 heterocycles. The van der Waals surface area contributed by atoms with E-state index in [4.69, 9.17) is 5.73 Å². The Morgan fingerprint density at radius 2 is 1.92 bits per heavy atom. The monoisotopic (exact) mass is 324 g/mol. The Bertz CT molecular complexity index is 741. The molecule has 2 aromatic rings. The fraction of sp³-hybridized carbons (Fsp3) is 0.278. The van der Waals surface area contributed by atoms with E-state index >= 15 is 0 Å². The van der Waals surface area contributed by atoms with E-state index in [2.05, 4.69) is 44.3 Å². The van der Waals surface area contributed by atoms with Crippen molar-refractivity contribution in [3.63, 3.8) is 0 Å². The molecule has 0 radical (unpaired) electrons. The van der Waals surface area contributed by atoms with Crippen LogP contribution in [0.5, 0.6) is 0 Å². The third kappa shape index (κ3) is 6.08. The van der Waals surface area contributed by atoms with Crippen molar-refractivity contribution in [2.24, 2.45) is 10.7 Å². The Labute approximate surface area is 142 Å². The smallest absolute Gasteiger partial charge is 0.229 e. The van der Waals surface area contributed by atoms with Crippen molar-refractivity contribution in [1.82, 2.24) is 15.0 Å². The average Bonchev–Trinajstić information content (AvgIpc) is 2.59. The van der Waals surface area contributed by atoms with Crippen LogP contribution in [0.25, 0.3) is 0 Å². The second-order valence-electron chi connectivity index (χ2n) is 5.61. The molecule has 0 saturated carbocycles. The quantitative estimate of drug-likeness (QED) is 0.595. The maximum atomic E-state index is 5.91. The number of hydrogen-bond donors (Lipinski definition) is 3. The van der Waals surface area contributed by atoms with E-state index in [1.807, 2.05) is 44.4 Å².